The number of thioether (sulfide) groups is 1. The van der Waals surface area contributed by atoms with Crippen LogP contribution in [0.3, 0.4) is 0 Å². The summed E-state index contributed by atoms with van der Waals surface area (Å²) in [7, 11) is 0. The number of fused-ring (bicyclic) bond motifs is 3. The summed E-state index contributed by atoms with van der Waals surface area (Å²) in [6.45, 7) is 2.05. The lowest BCUT2D eigenvalue weighted by Crippen LogP contribution is -2.38. The van der Waals surface area contributed by atoms with Crippen molar-refractivity contribution in [2.24, 2.45) is 0 Å². The highest BCUT2D eigenvalue weighted by atomic mass is 32.2. The average molecular weight is 345 g/mol. The number of carbonyl (C=O) groups excluding carboxylic acids is 2. The van der Waals surface area contributed by atoms with Gasteiger partial charge < -0.3 is 14.8 Å². The maximum absolute atomic E-state index is 12.4. The Morgan fingerprint density at radius 3 is 2.92 bits per heavy atom. The first kappa shape index (κ1) is 16.6. The molecular weight excluding hydrogens is 326 g/mol. The molecule has 0 saturated carbocycles. The summed E-state index contributed by atoms with van der Waals surface area (Å²) >= 11 is 1.66. The van der Waals surface area contributed by atoms with Crippen LogP contribution in [-0.4, -0.2) is 36.6 Å². The Morgan fingerprint density at radius 2 is 2.17 bits per heavy atom. The predicted octanol–water partition coefficient (Wildman–Crippen LogP) is 3.47. The summed E-state index contributed by atoms with van der Waals surface area (Å²) < 4.78 is 10.8. The summed E-state index contributed by atoms with van der Waals surface area (Å²) in [6, 6.07) is 8.83. The highest BCUT2D eigenvalue weighted by molar-refractivity contribution is 7.98. The summed E-state index contributed by atoms with van der Waals surface area (Å²) in [5.74, 6) is 0.488. The molecule has 1 aliphatic rings. The van der Waals surface area contributed by atoms with Crippen LogP contribution in [0.4, 0.5) is 5.69 Å². The van der Waals surface area contributed by atoms with Crippen molar-refractivity contribution < 1.29 is 19.1 Å². The predicted molar refractivity (Wildman–Crippen MR) is 95.9 cm³/mol. The standard InChI is InChI=1S/C18H19NO4S/c1-3-22-17(20)13-10-11-6-4-5-7-12(11)16-15(13)19-14(8-9-24-2)18(21)23-16/h4-7,10,14,19H,3,8-9H2,1-2H3/t14-/m0/s1. The lowest BCUT2D eigenvalue weighted by atomic mass is 10.0. The van der Waals surface area contributed by atoms with E-state index in [1.54, 1.807) is 24.8 Å². The van der Waals surface area contributed by atoms with E-state index in [4.69, 9.17) is 9.47 Å². The number of carbonyl (C=O) groups is 2. The SMILES string of the molecule is CCOC(=O)c1cc2ccccc2c2c1N[C@@H](CCSC)C(=O)O2. The van der Waals surface area contributed by atoms with Gasteiger partial charge in [0.05, 0.1) is 17.9 Å². The van der Waals surface area contributed by atoms with Gasteiger partial charge >= 0.3 is 11.9 Å². The van der Waals surface area contributed by atoms with E-state index < -0.39 is 12.0 Å². The smallest absolute Gasteiger partial charge is 0.340 e. The van der Waals surface area contributed by atoms with Gasteiger partial charge in [-0.3, -0.25) is 0 Å². The summed E-state index contributed by atoms with van der Waals surface area (Å²) in [5, 5.41) is 4.82. The van der Waals surface area contributed by atoms with Crippen molar-refractivity contribution in [1.29, 1.82) is 0 Å². The van der Waals surface area contributed by atoms with Gasteiger partial charge in [0.25, 0.3) is 0 Å². The lowest BCUT2D eigenvalue weighted by Gasteiger charge is -2.28. The second kappa shape index (κ2) is 7.13. The molecular formula is C18H19NO4S. The molecule has 0 fully saturated rings. The Morgan fingerprint density at radius 1 is 1.38 bits per heavy atom. The van der Waals surface area contributed by atoms with Crippen LogP contribution >= 0.6 is 11.8 Å². The molecule has 1 atom stereocenters. The van der Waals surface area contributed by atoms with E-state index in [1.807, 2.05) is 30.5 Å². The number of anilines is 1. The minimum absolute atomic E-state index is 0.288. The zero-order valence-electron chi connectivity index (χ0n) is 13.6. The first-order chi connectivity index (χ1) is 11.7. The molecule has 6 heteroatoms. The van der Waals surface area contributed by atoms with E-state index in [0.29, 0.717) is 23.4 Å². The van der Waals surface area contributed by atoms with E-state index in [9.17, 15) is 9.59 Å². The molecule has 0 spiro atoms. The lowest BCUT2D eigenvalue weighted by molar-refractivity contribution is -0.135. The van der Waals surface area contributed by atoms with Gasteiger partial charge in [-0.2, -0.15) is 11.8 Å². The van der Waals surface area contributed by atoms with Gasteiger partial charge in [0.1, 0.15) is 6.04 Å². The molecule has 0 bridgehead atoms. The van der Waals surface area contributed by atoms with Gasteiger partial charge in [0.15, 0.2) is 5.75 Å². The Balaban J connectivity index is 2.11. The van der Waals surface area contributed by atoms with Crippen LogP contribution in [-0.2, 0) is 9.53 Å². The fourth-order valence-electron chi connectivity index (χ4n) is 2.76. The van der Waals surface area contributed by atoms with Crippen molar-refractivity contribution in [3.8, 4) is 5.75 Å². The molecule has 1 heterocycles. The monoisotopic (exact) mass is 345 g/mol. The van der Waals surface area contributed by atoms with Gasteiger partial charge in [-0.05, 0) is 36.8 Å². The van der Waals surface area contributed by atoms with Crippen molar-refractivity contribution in [2.45, 2.75) is 19.4 Å². The van der Waals surface area contributed by atoms with Crippen molar-refractivity contribution >= 4 is 40.2 Å². The maximum atomic E-state index is 12.4. The fraction of sp³-hybridized carbons (Fsp3) is 0.333. The second-order valence-corrected chi connectivity index (χ2v) is 6.45. The van der Waals surface area contributed by atoms with Crippen molar-refractivity contribution in [1.82, 2.24) is 0 Å². The Kier molecular flexibility index (Phi) is 4.94. The molecule has 0 radical (unpaired) electrons. The van der Waals surface area contributed by atoms with Crippen LogP contribution in [0.1, 0.15) is 23.7 Å². The summed E-state index contributed by atoms with van der Waals surface area (Å²) in [6.07, 6.45) is 2.62. The number of nitrogens with one attached hydrogen (secondary N) is 1. The molecule has 0 unspecified atom stereocenters. The summed E-state index contributed by atoms with van der Waals surface area (Å²) in [4.78, 5) is 24.7. The molecule has 1 aliphatic heterocycles. The minimum atomic E-state index is -0.459. The number of esters is 2. The zero-order chi connectivity index (χ0) is 17.1. The zero-order valence-corrected chi connectivity index (χ0v) is 14.4. The summed E-state index contributed by atoms with van der Waals surface area (Å²) in [5.41, 5.74) is 0.935. The van der Waals surface area contributed by atoms with Crippen molar-refractivity contribution in [2.75, 3.05) is 23.9 Å². The van der Waals surface area contributed by atoms with Gasteiger partial charge in [-0.25, -0.2) is 9.59 Å². The van der Waals surface area contributed by atoms with Crippen LogP contribution < -0.4 is 10.1 Å². The molecule has 0 saturated heterocycles. The van der Waals surface area contributed by atoms with Crippen LogP contribution in [0, 0.1) is 0 Å². The highest BCUT2D eigenvalue weighted by Gasteiger charge is 2.32. The van der Waals surface area contributed by atoms with Crippen LogP contribution in [0.25, 0.3) is 10.8 Å². The first-order valence-electron chi connectivity index (χ1n) is 7.85. The van der Waals surface area contributed by atoms with Gasteiger partial charge in [0.2, 0.25) is 0 Å². The van der Waals surface area contributed by atoms with Crippen LogP contribution in [0.5, 0.6) is 5.75 Å². The van der Waals surface area contributed by atoms with Crippen LogP contribution in [0.15, 0.2) is 30.3 Å². The minimum Gasteiger partial charge on any atom is -0.462 e. The molecule has 126 valence electrons. The number of ether oxygens (including phenoxy) is 2. The van der Waals surface area contributed by atoms with E-state index >= 15 is 0 Å². The molecule has 1 N–H and O–H groups in total. The Labute approximate surface area is 144 Å². The van der Waals surface area contributed by atoms with Gasteiger partial charge in [-0.15, -0.1) is 0 Å². The second-order valence-electron chi connectivity index (χ2n) is 5.47. The number of rotatable bonds is 5. The van der Waals surface area contributed by atoms with Gasteiger partial charge in [-0.1, -0.05) is 24.3 Å². The quantitative estimate of drug-likeness (QED) is 0.661. The molecule has 0 amide bonds. The molecule has 0 aromatic heterocycles. The van der Waals surface area contributed by atoms with Crippen molar-refractivity contribution in [3.05, 3.63) is 35.9 Å². The Bertz CT molecular complexity index is 790. The number of hydrogen-bond acceptors (Lipinski definition) is 6. The number of benzene rings is 2. The third-order valence-corrected chi connectivity index (χ3v) is 4.56. The van der Waals surface area contributed by atoms with E-state index in [1.165, 1.54) is 0 Å². The van der Waals surface area contributed by atoms with E-state index in [0.717, 1.165) is 16.5 Å². The van der Waals surface area contributed by atoms with Crippen molar-refractivity contribution in [3.63, 3.8) is 0 Å². The topological polar surface area (TPSA) is 64.6 Å². The average Bonchev–Trinajstić information content (AvgIpc) is 2.59. The maximum Gasteiger partial charge on any atom is 0.340 e. The molecule has 0 aliphatic carbocycles. The molecule has 2 aromatic rings. The van der Waals surface area contributed by atoms with E-state index in [-0.39, 0.29) is 12.6 Å². The normalized spacial score (nSPS) is 16.2. The molecule has 5 nitrogen and oxygen atoms in total. The molecule has 24 heavy (non-hydrogen) atoms. The van der Waals surface area contributed by atoms with Crippen LogP contribution in [0.2, 0.25) is 0 Å². The third-order valence-electron chi connectivity index (χ3n) is 3.91. The molecule has 2 aromatic carbocycles. The molecule has 3 rings (SSSR count). The third kappa shape index (κ3) is 3.06. The highest BCUT2D eigenvalue weighted by Crippen LogP contribution is 2.40. The Hall–Kier alpha value is -2.21. The largest absolute Gasteiger partial charge is 0.462 e. The van der Waals surface area contributed by atoms with Gasteiger partial charge in [0, 0.05) is 5.39 Å². The van der Waals surface area contributed by atoms with E-state index in [2.05, 4.69) is 5.32 Å². The fourth-order valence-corrected chi connectivity index (χ4v) is 3.24. The number of hydrogen-bond donors (Lipinski definition) is 1. The first-order valence-corrected chi connectivity index (χ1v) is 9.25.